The summed E-state index contributed by atoms with van der Waals surface area (Å²) in [5.41, 5.74) is 1.43. The molecule has 0 bridgehead atoms. The molecule has 2 N–H and O–H groups in total. The lowest BCUT2D eigenvalue weighted by molar-refractivity contribution is -0.173. The van der Waals surface area contributed by atoms with E-state index in [1.54, 1.807) is 7.05 Å². The fraction of sp³-hybridized carbons (Fsp3) is 0.588. The summed E-state index contributed by atoms with van der Waals surface area (Å²) >= 11 is 3.50. The molecule has 0 spiro atoms. The Balaban J connectivity index is 1.69. The highest BCUT2D eigenvalue weighted by Crippen LogP contribution is 2.48. The molecular formula is C17H23BrF3N3O. The first-order valence-electron chi connectivity index (χ1n) is 8.20. The van der Waals surface area contributed by atoms with Crippen LogP contribution in [0.15, 0.2) is 33.7 Å². The predicted molar refractivity (Wildman–Crippen MR) is 95.9 cm³/mol. The second-order valence-electron chi connectivity index (χ2n) is 6.16. The molecule has 1 aromatic carbocycles. The summed E-state index contributed by atoms with van der Waals surface area (Å²) in [4.78, 5) is 4.15. The Morgan fingerprint density at radius 1 is 1.32 bits per heavy atom. The molecule has 8 heteroatoms. The van der Waals surface area contributed by atoms with Gasteiger partial charge < -0.3 is 15.4 Å². The summed E-state index contributed by atoms with van der Waals surface area (Å²) in [5.74, 6) is 0.650. The quantitative estimate of drug-likeness (QED) is 0.382. The molecule has 0 heterocycles. The number of nitrogens with zero attached hydrogens (tertiary/aromatic N) is 1. The molecule has 1 saturated carbocycles. The van der Waals surface area contributed by atoms with Gasteiger partial charge in [0.05, 0.1) is 0 Å². The summed E-state index contributed by atoms with van der Waals surface area (Å²) in [6.07, 6.45) is -1.54. The van der Waals surface area contributed by atoms with Gasteiger partial charge in [-0.3, -0.25) is 4.99 Å². The number of guanidine groups is 1. The number of rotatable bonds is 8. The van der Waals surface area contributed by atoms with Crippen molar-refractivity contribution in [3.05, 3.63) is 34.3 Å². The molecule has 2 rings (SSSR count). The summed E-state index contributed by atoms with van der Waals surface area (Å²) < 4.78 is 41.5. The highest BCUT2D eigenvalue weighted by Gasteiger charge is 2.44. The van der Waals surface area contributed by atoms with Gasteiger partial charge in [-0.25, -0.2) is 0 Å². The minimum atomic E-state index is -4.27. The number of hydrogen-bond donors (Lipinski definition) is 2. The Hall–Kier alpha value is -1.28. The number of halogens is 4. The maximum atomic E-state index is 12.0. The second kappa shape index (κ2) is 8.89. The fourth-order valence-corrected chi connectivity index (χ4v) is 2.98. The number of aliphatic imine (C=N–C) groups is 1. The topological polar surface area (TPSA) is 45.7 Å². The molecule has 0 atom stereocenters. The van der Waals surface area contributed by atoms with Crippen LogP contribution in [0.3, 0.4) is 0 Å². The Morgan fingerprint density at radius 3 is 2.68 bits per heavy atom. The Morgan fingerprint density at radius 2 is 2.08 bits per heavy atom. The molecule has 0 aromatic heterocycles. The molecule has 0 unspecified atom stereocenters. The summed E-state index contributed by atoms with van der Waals surface area (Å²) in [5, 5.41) is 6.41. The molecular weight excluding hydrogens is 399 g/mol. The van der Waals surface area contributed by atoms with Crippen LogP contribution < -0.4 is 10.6 Å². The average molecular weight is 422 g/mol. The first-order chi connectivity index (χ1) is 11.8. The van der Waals surface area contributed by atoms with Gasteiger partial charge in [0.15, 0.2) is 5.96 Å². The van der Waals surface area contributed by atoms with Crippen LogP contribution in [0.5, 0.6) is 0 Å². The molecule has 1 fully saturated rings. The van der Waals surface area contributed by atoms with E-state index in [-0.39, 0.29) is 12.0 Å². The maximum Gasteiger partial charge on any atom is 0.411 e. The van der Waals surface area contributed by atoms with Crippen LogP contribution in [0, 0.1) is 0 Å². The number of benzene rings is 1. The third kappa shape index (κ3) is 6.86. The van der Waals surface area contributed by atoms with E-state index in [1.165, 1.54) is 5.56 Å². The number of hydrogen-bond acceptors (Lipinski definition) is 2. The zero-order valence-electron chi connectivity index (χ0n) is 14.1. The average Bonchev–Trinajstić information content (AvgIpc) is 3.34. The third-order valence-corrected chi connectivity index (χ3v) is 4.63. The molecule has 0 amide bonds. The number of alkyl halides is 3. The second-order valence-corrected chi connectivity index (χ2v) is 7.08. The first-order valence-corrected chi connectivity index (χ1v) is 8.99. The van der Waals surface area contributed by atoms with Crippen LogP contribution in [0.25, 0.3) is 0 Å². The Kier molecular flexibility index (Phi) is 7.13. The smallest absolute Gasteiger partial charge is 0.372 e. The van der Waals surface area contributed by atoms with E-state index in [0.29, 0.717) is 18.9 Å². The van der Waals surface area contributed by atoms with Crippen molar-refractivity contribution in [1.29, 1.82) is 0 Å². The van der Waals surface area contributed by atoms with Crippen molar-refractivity contribution in [3.63, 3.8) is 0 Å². The molecule has 1 aliphatic rings. The standard InChI is InChI=1S/C17H23BrF3N3O/c1-22-15(23-8-3-9-25-12-17(19,20)21)24-11-16(6-7-16)13-4-2-5-14(18)10-13/h2,4-5,10H,3,6-9,11-12H2,1H3,(H2,22,23,24). The monoisotopic (exact) mass is 421 g/mol. The van der Waals surface area contributed by atoms with Crippen LogP contribution in [0.2, 0.25) is 0 Å². The van der Waals surface area contributed by atoms with E-state index in [1.807, 2.05) is 12.1 Å². The van der Waals surface area contributed by atoms with Crippen molar-refractivity contribution in [2.75, 3.05) is 33.4 Å². The van der Waals surface area contributed by atoms with Crippen LogP contribution >= 0.6 is 15.9 Å². The zero-order chi connectivity index (χ0) is 18.3. The van der Waals surface area contributed by atoms with Gasteiger partial charge in [0.1, 0.15) is 6.61 Å². The SMILES string of the molecule is CN=C(NCCCOCC(F)(F)F)NCC1(c2cccc(Br)c2)CC1. The summed E-state index contributed by atoms with van der Waals surface area (Å²) in [6.45, 7) is 0.135. The highest BCUT2D eigenvalue weighted by atomic mass is 79.9. The summed E-state index contributed by atoms with van der Waals surface area (Å²) in [6, 6.07) is 8.32. The Labute approximate surface area is 154 Å². The molecule has 1 aliphatic carbocycles. The van der Waals surface area contributed by atoms with Crippen molar-refractivity contribution in [2.45, 2.75) is 30.9 Å². The fourth-order valence-electron chi connectivity index (χ4n) is 2.58. The van der Waals surface area contributed by atoms with E-state index in [2.05, 4.69) is 48.4 Å². The molecule has 1 aromatic rings. The van der Waals surface area contributed by atoms with E-state index in [0.717, 1.165) is 23.9 Å². The minimum absolute atomic E-state index is 0.0610. The van der Waals surface area contributed by atoms with Crippen LogP contribution in [0.1, 0.15) is 24.8 Å². The molecule has 0 saturated heterocycles. The predicted octanol–water partition coefficient (Wildman–Crippen LogP) is 3.61. The van der Waals surface area contributed by atoms with Gasteiger partial charge >= 0.3 is 6.18 Å². The largest absolute Gasteiger partial charge is 0.411 e. The van der Waals surface area contributed by atoms with Gasteiger partial charge in [-0.15, -0.1) is 0 Å². The molecule has 4 nitrogen and oxygen atoms in total. The summed E-state index contributed by atoms with van der Waals surface area (Å²) in [7, 11) is 1.67. The van der Waals surface area contributed by atoms with E-state index in [4.69, 9.17) is 0 Å². The van der Waals surface area contributed by atoms with Crippen molar-refractivity contribution in [2.24, 2.45) is 4.99 Å². The van der Waals surface area contributed by atoms with E-state index >= 15 is 0 Å². The normalized spacial score (nSPS) is 16.6. The first kappa shape index (κ1) is 20.0. The van der Waals surface area contributed by atoms with E-state index < -0.39 is 12.8 Å². The lowest BCUT2D eigenvalue weighted by Gasteiger charge is -2.19. The third-order valence-electron chi connectivity index (χ3n) is 4.13. The van der Waals surface area contributed by atoms with Gasteiger partial charge in [0.25, 0.3) is 0 Å². The Bertz CT molecular complexity index is 589. The van der Waals surface area contributed by atoms with Crippen molar-refractivity contribution < 1.29 is 17.9 Å². The lowest BCUT2D eigenvalue weighted by Crippen LogP contribution is -2.41. The van der Waals surface area contributed by atoms with Gasteiger partial charge in [0.2, 0.25) is 0 Å². The molecule has 0 radical (unpaired) electrons. The van der Waals surface area contributed by atoms with Gasteiger partial charge in [-0.2, -0.15) is 13.2 Å². The number of nitrogens with one attached hydrogen (secondary N) is 2. The van der Waals surface area contributed by atoms with Gasteiger partial charge in [0, 0.05) is 36.6 Å². The highest BCUT2D eigenvalue weighted by molar-refractivity contribution is 9.10. The van der Waals surface area contributed by atoms with Crippen LogP contribution in [-0.4, -0.2) is 45.5 Å². The van der Waals surface area contributed by atoms with Gasteiger partial charge in [-0.05, 0) is 37.0 Å². The van der Waals surface area contributed by atoms with Crippen molar-refractivity contribution >= 4 is 21.9 Å². The molecule has 0 aliphatic heterocycles. The molecule has 25 heavy (non-hydrogen) atoms. The lowest BCUT2D eigenvalue weighted by atomic mass is 9.96. The van der Waals surface area contributed by atoms with Crippen LogP contribution in [0.4, 0.5) is 13.2 Å². The zero-order valence-corrected chi connectivity index (χ0v) is 15.7. The van der Waals surface area contributed by atoms with Crippen LogP contribution in [-0.2, 0) is 10.2 Å². The minimum Gasteiger partial charge on any atom is -0.372 e. The van der Waals surface area contributed by atoms with E-state index in [9.17, 15) is 13.2 Å². The van der Waals surface area contributed by atoms with Gasteiger partial charge in [-0.1, -0.05) is 28.1 Å². The van der Waals surface area contributed by atoms with Crippen molar-refractivity contribution in [1.82, 2.24) is 10.6 Å². The molecule has 140 valence electrons. The van der Waals surface area contributed by atoms with Crippen molar-refractivity contribution in [3.8, 4) is 0 Å². The number of ether oxygens (including phenoxy) is 1. The maximum absolute atomic E-state index is 12.0.